The van der Waals surface area contributed by atoms with Gasteiger partial charge in [-0.1, -0.05) is 11.6 Å². The molecule has 1 aromatic rings. The molecule has 1 atom stereocenters. The zero-order valence-corrected chi connectivity index (χ0v) is 13.0. The normalized spacial score (nSPS) is 17.6. The van der Waals surface area contributed by atoms with Crippen molar-refractivity contribution in [2.75, 3.05) is 20.1 Å². The van der Waals surface area contributed by atoms with Gasteiger partial charge in [0.25, 0.3) is 5.91 Å². The molecule has 1 amide bonds. The first kappa shape index (κ1) is 18.4. The summed E-state index contributed by atoms with van der Waals surface area (Å²) in [5, 5.41) is 3.55. The lowest BCUT2D eigenvalue weighted by Gasteiger charge is -2.24. The van der Waals surface area contributed by atoms with Gasteiger partial charge < -0.3 is 10.2 Å². The van der Waals surface area contributed by atoms with Crippen LogP contribution in [0.2, 0.25) is 5.02 Å². The predicted molar refractivity (Wildman–Crippen MR) is 81.7 cm³/mol. The Hall–Kier alpha value is -0.550. The fourth-order valence-electron chi connectivity index (χ4n) is 2.25. The Bertz CT molecular complexity index is 417. The summed E-state index contributed by atoms with van der Waals surface area (Å²) in [6.45, 7) is 1.64. The van der Waals surface area contributed by atoms with Crippen molar-refractivity contribution in [2.45, 2.75) is 18.9 Å². The number of likely N-dealkylation sites (tertiary alicyclic amines) is 1. The van der Waals surface area contributed by atoms with Crippen molar-refractivity contribution in [2.24, 2.45) is 0 Å². The van der Waals surface area contributed by atoms with Crippen molar-refractivity contribution >= 4 is 42.3 Å². The molecule has 1 aromatic heterocycles. The van der Waals surface area contributed by atoms with Crippen molar-refractivity contribution in [3.05, 3.63) is 29.0 Å². The third kappa shape index (κ3) is 4.21. The van der Waals surface area contributed by atoms with Gasteiger partial charge in [0.15, 0.2) is 0 Å². The molecule has 0 aromatic carbocycles. The van der Waals surface area contributed by atoms with Gasteiger partial charge in [0, 0.05) is 31.5 Å². The van der Waals surface area contributed by atoms with E-state index in [1.165, 1.54) is 6.20 Å². The highest BCUT2D eigenvalue weighted by molar-refractivity contribution is 6.33. The summed E-state index contributed by atoms with van der Waals surface area (Å²) in [6, 6.07) is 1.95. The molecule has 0 bridgehead atoms. The van der Waals surface area contributed by atoms with Gasteiger partial charge in [0.1, 0.15) is 0 Å². The third-order valence-electron chi connectivity index (χ3n) is 3.08. The standard InChI is InChI=1S/C12H16ClN3O.2ClH/c1-14-7-9-3-2-6-16(9)12(17)10-4-5-15-8-11(10)13;;/h4-5,8-9,14H,2-3,6-7H2,1H3;2*1H. The first-order chi connectivity index (χ1) is 8.24. The van der Waals surface area contributed by atoms with Crippen molar-refractivity contribution in [1.29, 1.82) is 0 Å². The van der Waals surface area contributed by atoms with E-state index >= 15 is 0 Å². The molecule has 4 nitrogen and oxygen atoms in total. The Morgan fingerprint density at radius 3 is 2.95 bits per heavy atom. The Balaban J connectivity index is 0.00000162. The van der Waals surface area contributed by atoms with Gasteiger partial charge in [-0.15, -0.1) is 24.8 Å². The summed E-state index contributed by atoms with van der Waals surface area (Å²) >= 11 is 6.00. The number of hydrogen-bond acceptors (Lipinski definition) is 3. The topological polar surface area (TPSA) is 45.2 Å². The maximum absolute atomic E-state index is 12.3. The van der Waals surface area contributed by atoms with Gasteiger partial charge in [0.2, 0.25) is 0 Å². The van der Waals surface area contributed by atoms with Crippen LogP contribution in [0.15, 0.2) is 18.5 Å². The van der Waals surface area contributed by atoms with Crippen molar-refractivity contribution < 1.29 is 4.79 Å². The molecule has 108 valence electrons. The third-order valence-corrected chi connectivity index (χ3v) is 3.38. The zero-order valence-electron chi connectivity index (χ0n) is 10.6. The van der Waals surface area contributed by atoms with E-state index in [9.17, 15) is 4.79 Å². The fraction of sp³-hybridized carbons (Fsp3) is 0.500. The molecule has 2 rings (SSSR count). The number of halogens is 3. The molecule has 1 saturated heterocycles. The van der Waals surface area contributed by atoms with E-state index in [0.29, 0.717) is 10.6 Å². The van der Waals surface area contributed by atoms with Crippen LogP contribution in [0, 0.1) is 0 Å². The highest BCUT2D eigenvalue weighted by Gasteiger charge is 2.29. The Labute approximate surface area is 130 Å². The number of amides is 1. The minimum Gasteiger partial charge on any atom is -0.334 e. The summed E-state index contributed by atoms with van der Waals surface area (Å²) in [5.74, 6) is 0.00940. The van der Waals surface area contributed by atoms with Crippen LogP contribution in [0.3, 0.4) is 0 Å². The molecule has 1 fully saturated rings. The van der Waals surface area contributed by atoms with Crippen LogP contribution in [0.4, 0.5) is 0 Å². The fourth-order valence-corrected chi connectivity index (χ4v) is 2.45. The number of nitrogens with one attached hydrogen (secondary N) is 1. The first-order valence-corrected chi connectivity index (χ1v) is 6.17. The number of carbonyl (C=O) groups excluding carboxylic acids is 1. The molecular weight excluding hydrogens is 309 g/mol. The molecule has 1 aliphatic rings. The largest absolute Gasteiger partial charge is 0.334 e. The molecule has 0 spiro atoms. The summed E-state index contributed by atoms with van der Waals surface area (Å²) in [5.41, 5.74) is 0.546. The van der Waals surface area contributed by atoms with Crippen LogP contribution in [-0.4, -0.2) is 42.0 Å². The lowest BCUT2D eigenvalue weighted by atomic mass is 10.2. The van der Waals surface area contributed by atoms with E-state index in [4.69, 9.17) is 11.6 Å². The van der Waals surface area contributed by atoms with E-state index in [2.05, 4.69) is 10.3 Å². The molecule has 0 saturated carbocycles. The minimum atomic E-state index is 0. The van der Waals surface area contributed by atoms with Gasteiger partial charge in [-0.3, -0.25) is 9.78 Å². The number of nitrogens with zero attached hydrogens (tertiary/aromatic N) is 2. The SMILES string of the molecule is CNCC1CCCN1C(=O)c1ccncc1Cl.Cl.Cl. The average Bonchev–Trinajstić information content (AvgIpc) is 2.78. The number of rotatable bonds is 3. The quantitative estimate of drug-likeness (QED) is 0.928. The van der Waals surface area contributed by atoms with Crippen molar-refractivity contribution in [3.8, 4) is 0 Å². The Morgan fingerprint density at radius 2 is 2.32 bits per heavy atom. The maximum atomic E-state index is 12.3. The van der Waals surface area contributed by atoms with Crippen LogP contribution < -0.4 is 5.32 Å². The molecule has 7 heteroatoms. The van der Waals surface area contributed by atoms with E-state index < -0.39 is 0 Å². The van der Waals surface area contributed by atoms with Crippen molar-refractivity contribution in [1.82, 2.24) is 15.2 Å². The second-order valence-electron chi connectivity index (χ2n) is 4.21. The van der Waals surface area contributed by atoms with Crippen LogP contribution >= 0.6 is 36.4 Å². The molecule has 19 heavy (non-hydrogen) atoms. The summed E-state index contributed by atoms with van der Waals surface area (Å²) < 4.78 is 0. The minimum absolute atomic E-state index is 0. The Morgan fingerprint density at radius 1 is 1.58 bits per heavy atom. The van der Waals surface area contributed by atoms with E-state index in [-0.39, 0.29) is 36.8 Å². The van der Waals surface area contributed by atoms with Crippen molar-refractivity contribution in [3.63, 3.8) is 0 Å². The zero-order chi connectivity index (χ0) is 12.3. The molecule has 0 aliphatic carbocycles. The smallest absolute Gasteiger partial charge is 0.255 e. The number of likely N-dealkylation sites (N-methyl/N-ethyl adjacent to an activating group) is 1. The van der Waals surface area contributed by atoms with E-state index in [1.54, 1.807) is 12.3 Å². The first-order valence-electron chi connectivity index (χ1n) is 5.79. The van der Waals surface area contributed by atoms with Crippen LogP contribution in [0.1, 0.15) is 23.2 Å². The van der Waals surface area contributed by atoms with Gasteiger partial charge in [0.05, 0.1) is 10.6 Å². The highest BCUT2D eigenvalue weighted by atomic mass is 35.5. The Kier molecular flexibility index (Phi) is 8.34. The van der Waals surface area contributed by atoms with Gasteiger partial charge >= 0.3 is 0 Å². The highest BCUT2D eigenvalue weighted by Crippen LogP contribution is 2.22. The van der Waals surface area contributed by atoms with Crippen LogP contribution in [0.5, 0.6) is 0 Å². The number of carbonyl (C=O) groups is 1. The second kappa shape index (κ2) is 8.59. The number of aromatic nitrogens is 1. The monoisotopic (exact) mass is 325 g/mol. The lowest BCUT2D eigenvalue weighted by Crippen LogP contribution is -2.40. The molecule has 2 heterocycles. The second-order valence-corrected chi connectivity index (χ2v) is 4.61. The maximum Gasteiger partial charge on any atom is 0.255 e. The number of hydrogen-bond donors (Lipinski definition) is 1. The van der Waals surface area contributed by atoms with Crippen LogP contribution in [0.25, 0.3) is 0 Å². The molecule has 0 radical (unpaired) electrons. The summed E-state index contributed by atoms with van der Waals surface area (Å²) in [6.07, 6.45) is 5.22. The van der Waals surface area contributed by atoms with Gasteiger partial charge in [-0.05, 0) is 26.0 Å². The van der Waals surface area contributed by atoms with E-state index in [0.717, 1.165) is 25.9 Å². The molecular formula is C12H18Cl3N3O. The molecule has 1 N–H and O–H groups in total. The predicted octanol–water partition coefficient (Wildman–Crippen LogP) is 2.40. The summed E-state index contributed by atoms with van der Waals surface area (Å²) in [7, 11) is 1.90. The lowest BCUT2D eigenvalue weighted by molar-refractivity contribution is 0.0737. The average molecular weight is 327 g/mol. The molecule has 1 aliphatic heterocycles. The number of pyridine rings is 1. The van der Waals surface area contributed by atoms with Crippen LogP contribution in [-0.2, 0) is 0 Å². The van der Waals surface area contributed by atoms with E-state index in [1.807, 2.05) is 11.9 Å². The molecule has 1 unspecified atom stereocenters. The van der Waals surface area contributed by atoms with Gasteiger partial charge in [-0.2, -0.15) is 0 Å². The summed E-state index contributed by atoms with van der Waals surface area (Å²) in [4.78, 5) is 18.1. The van der Waals surface area contributed by atoms with Gasteiger partial charge in [-0.25, -0.2) is 0 Å².